The summed E-state index contributed by atoms with van der Waals surface area (Å²) in [4.78, 5) is 29.1. The minimum absolute atomic E-state index is 0.311. The summed E-state index contributed by atoms with van der Waals surface area (Å²) in [5, 5.41) is 10.4. The number of nitrogens with one attached hydrogen (secondary N) is 1. The van der Waals surface area contributed by atoms with Crippen molar-refractivity contribution in [2.75, 3.05) is 14.2 Å². The van der Waals surface area contributed by atoms with Gasteiger partial charge in [0.25, 0.3) is 0 Å². The van der Waals surface area contributed by atoms with E-state index in [1.807, 2.05) is 48.6 Å². The van der Waals surface area contributed by atoms with E-state index in [1.54, 1.807) is 23.4 Å². The normalized spacial score (nSPS) is 11.0. The van der Waals surface area contributed by atoms with E-state index in [0.29, 0.717) is 22.8 Å². The summed E-state index contributed by atoms with van der Waals surface area (Å²) < 4.78 is 49.5. The highest BCUT2D eigenvalue weighted by Gasteiger charge is 2.31. The fraction of sp³-hybridized carbons (Fsp3) is 0.214. The van der Waals surface area contributed by atoms with E-state index in [9.17, 15) is 22.8 Å². The lowest BCUT2D eigenvalue weighted by atomic mass is 10.1. The molecule has 2 aromatic carbocycles. The summed E-state index contributed by atoms with van der Waals surface area (Å²) in [6, 6.07) is 9.91. The number of halogens is 4. The molecule has 4 aromatic rings. The first-order valence-electron chi connectivity index (χ1n) is 12.0. The quantitative estimate of drug-likeness (QED) is 0.151. The fourth-order valence-electron chi connectivity index (χ4n) is 3.34. The first-order chi connectivity index (χ1) is 19.9. The third kappa shape index (κ3) is 11.3. The molecule has 0 radical (unpaired) electrons. The Morgan fingerprint density at radius 3 is 2.00 bits per heavy atom. The van der Waals surface area contributed by atoms with Crippen molar-refractivity contribution < 1.29 is 32.2 Å². The van der Waals surface area contributed by atoms with Gasteiger partial charge in [0, 0.05) is 29.5 Å². The molecule has 222 valence electrons. The number of hydrogen-bond acceptors (Lipinski definition) is 8. The van der Waals surface area contributed by atoms with E-state index in [0.717, 1.165) is 28.8 Å². The van der Waals surface area contributed by atoms with Gasteiger partial charge in [-0.3, -0.25) is 5.10 Å². The number of benzene rings is 2. The van der Waals surface area contributed by atoms with Crippen LogP contribution in [0.15, 0.2) is 65.3 Å². The molecule has 4 rings (SSSR count). The number of carbonyl (C=O) groups excluding carboxylic acids is 2. The van der Waals surface area contributed by atoms with Crippen molar-refractivity contribution >= 4 is 40.7 Å². The van der Waals surface area contributed by atoms with Gasteiger partial charge in [-0.1, -0.05) is 39.8 Å². The van der Waals surface area contributed by atoms with Crippen LogP contribution >= 0.6 is 22.6 Å². The van der Waals surface area contributed by atoms with Gasteiger partial charge in [0.2, 0.25) is 0 Å². The predicted molar refractivity (Wildman–Crippen MR) is 159 cm³/mol. The topological polar surface area (TPSA) is 125 Å². The van der Waals surface area contributed by atoms with E-state index in [-0.39, 0.29) is 5.97 Å². The van der Waals surface area contributed by atoms with E-state index in [1.165, 1.54) is 43.6 Å². The van der Waals surface area contributed by atoms with Crippen LogP contribution in [-0.2, 0) is 25.2 Å². The molecule has 0 aliphatic heterocycles. The molecule has 0 saturated carbocycles. The summed E-state index contributed by atoms with van der Waals surface area (Å²) in [5.41, 5.74) is 3.51. The number of aryl methyl sites for hydroxylation is 3. The van der Waals surface area contributed by atoms with Crippen molar-refractivity contribution in [2.45, 2.75) is 26.9 Å². The highest BCUT2D eigenvalue weighted by molar-refractivity contribution is 14.1. The number of H-pyrrole nitrogens is 1. The van der Waals surface area contributed by atoms with E-state index in [4.69, 9.17) is 0 Å². The molecule has 2 aromatic heterocycles. The highest BCUT2D eigenvalue weighted by atomic mass is 127. The zero-order valence-corrected chi connectivity index (χ0v) is 25.5. The number of nitrogens with zero attached hydrogens (tertiary/aromatic N) is 5. The van der Waals surface area contributed by atoms with Crippen LogP contribution in [0.5, 0.6) is 0 Å². The number of ether oxygens (including phenoxy) is 2. The first kappa shape index (κ1) is 33.9. The Bertz CT molecular complexity index is 1510. The van der Waals surface area contributed by atoms with E-state index < -0.39 is 17.7 Å². The molecular formula is C28H28F3IN6O4. The van der Waals surface area contributed by atoms with Crippen molar-refractivity contribution in [1.29, 1.82) is 0 Å². The largest absolute Gasteiger partial charge is 0.466 e. The molecule has 0 fully saturated rings. The van der Waals surface area contributed by atoms with Gasteiger partial charge in [0.1, 0.15) is 12.7 Å². The van der Waals surface area contributed by atoms with E-state index >= 15 is 0 Å². The van der Waals surface area contributed by atoms with Crippen LogP contribution in [0.2, 0.25) is 0 Å². The summed E-state index contributed by atoms with van der Waals surface area (Å²) in [6.45, 7) is 5.67. The number of alkyl halides is 3. The predicted octanol–water partition coefficient (Wildman–Crippen LogP) is 6.11. The zero-order chi connectivity index (χ0) is 31.3. The van der Waals surface area contributed by atoms with Gasteiger partial charge in [-0.15, -0.1) is 5.10 Å². The summed E-state index contributed by atoms with van der Waals surface area (Å²) in [5.74, 6) is 0.216. The molecular weight excluding hydrogens is 668 g/mol. The second-order valence-corrected chi connectivity index (χ2v) is 9.22. The van der Waals surface area contributed by atoms with Crippen molar-refractivity contribution in [3.8, 4) is 22.8 Å². The first-order valence-corrected chi connectivity index (χ1v) is 13.3. The monoisotopic (exact) mass is 696 g/mol. The second kappa shape index (κ2) is 16.2. The smallest absolute Gasteiger partial charge is 0.416 e. The van der Waals surface area contributed by atoms with Crippen LogP contribution in [0.3, 0.4) is 0 Å². The van der Waals surface area contributed by atoms with Crippen molar-refractivity contribution in [2.24, 2.45) is 0 Å². The average molecular weight is 696 g/mol. The van der Waals surface area contributed by atoms with Crippen LogP contribution in [0.25, 0.3) is 29.0 Å². The van der Waals surface area contributed by atoms with Crippen LogP contribution in [-0.4, -0.2) is 56.1 Å². The third-order valence-corrected chi connectivity index (χ3v) is 5.41. The lowest BCUT2D eigenvalue weighted by Gasteiger charge is -2.09. The van der Waals surface area contributed by atoms with Gasteiger partial charge < -0.3 is 9.47 Å². The van der Waals surface area contributed by atoms with Gasteiger partial charge in [-0.25, -0.2) is 24.2 Å². The lowest BCUT2D eigenvalue weighted by molar-refractivity contribution is -0.138. The van der Waals surface area contributed by atoms with Gasteiger partial charge in [-0.2, -0.15) is 18.3 Å². The van der Waals surface area contributed by atoms with Gasteiger partial charge in [-0.05, 0) is 60.7 Å². The number of aromatic amines is 1. The second-order valence-electron chi connectivity index (χ2n) is 8.50. The molecule has 1 N–H and O–H groups in total. The lowest BCUT2D eigenvalue weighted by Crippen LogP contribution is -2.05. The molecule has 0 aliphatic rings. The number of rotatable bonds is 5. The summed E-state index contributed by atoms with van der Waals surface area (Å²) >= 11 is 1.94. The maximum Gasteiger partial charge on any atom is 0.416 e. The maximum atomic E-state index is 12.5. The maximum absolute atomic E-state index is 12.5. The molecule has 0 saturated heterocycles. The Labute approximate surface area is 253 Å². The number of methoxy groups -OCH3 is 2. The van der Waals surface area contributed by atoms with Crippen molar-refractivity contribution in [3.63, 3.8) is 0 Å². The Balaban J connectivity index is 0.000000243. The van der Waals surface area contributed by atoms with E-state index in [2.05, 4.69) is 40.8 Å². The molecule has 0 spiro atoms. The molecule has 14 heteroatoms. The van der Waals surface area contributed by atoms with Crippen LogP contribution in [0.1, 0.15) is 22.3 Å². The standard InChI is InChI=1S/C14H15N3O2.C10H8F3N3.C4H5IO2/c1-10-6-11(2)8-12(7-10)14-15-9-17(16-14)5-4-13(18)19-3;1-6-2-7(9-14-5-15-16-9)4-8(3-6)10(11,12)13;1-7-4(6)2-3-5/h4-9H,1-3H3;2-5H,1H3,(H,14,15,16);2-3H,1H3/b5-4-;;3-2-. The zero-order valence-electron chi connectivity index (χ0n) is 23.3. The summed E-state index contributed by atoms with van der Waals surface area (Å²) in [7, 11) is 2.67. The Kier molecular flexibility index (Phi) is 13.1. The van der Waals surface area contributed by atoms with Gasteiger partial charge >= 0.3 is 18.1 Å². The van der Waals surface area contributed by atoms with Crippen molar-refractivity contribution in [3.05, 3.63) is 87.5 Å². The Morgan fingerprint density at radius 2 is 1.48 bits per heavy atom. The van der Waals surface area contributed by atoms with Crippen LogP contribution < -0.4 is 0 Å². The summed E-state index contributed by atoms with van der Waals surface area (Å²) in [6.07, 6.45) is 2.60. The fourth-order valence-corrected chi connectivity index (χ4v) is 3.63. The third-order valence-electron chi connectivity index (χ3n) is 5.05. The molecule has 0 amide bonds. The SMILES string of the molecule is COC(=O)/C=C\I.COC(=O)/C=C\n1cnc(-c2cc(C)cc(C)c2)n1.Cc1cc(-c2ncn[nH]2)cc(C(F)(F)F)c1. The van der Waals surface area contributed by atoms with Crippen LogP contribution in [0.4, 0.5) is 13.2 Å². The molecule has 10 nitrogen and oxygen atoms in total. The molecule has 0 aliphatic carbocycles. The number of esters is 2. The van der Waals surface area contributed by atoms with Gasteiger partial charge in [0.15, 0.2) is 11.6 Å². The number of carbonyl (C=O) groups is 2. The number of aromatic nitrogens is 6. The Morgan fingerprint density at radius 1 is 0.881 bits per heavy atom. The minimum Gasteiger partial charge on any atom is -0.466 e. The van der Waals surface area contributed by atoms with Gasteiger partial charge in [0.05, 0.1) is 19.8 Å². The van der Waals surface area contributed by atoms with Crippen molar-refractivity contribution in [1.82, 2.24) is 29.9 Å². The molecule has 0 bridgehead atoms. The highest BCUT2D eigenvalue weighted by Crippen LogP contribution is 2.32. The molecule has 42 heavy (non-hydrogen) atoms. The molecule has 0 atom stereocenters. The molecule has 2 heterocycles. The van der Waals surface area contributed by atoms with Crippen LogP contribution in [0, 0.1) is 20.8 Å². The molecule has 0 unspecified atom stereocenters. The Hall–Kier alpha value is -4.34. The number of hydrogen-bond donors (Lipinski definition) is 1. The minimum atomic E-state index is -4.35. The average Bonchev–Trinajstić information content (AvgIpc) is 3.64.